The first-order valence-electron chi connectivity index (χ1n) is 6.96. The van der Waals surface area contributed by atoms with Gasteiger partial charge in [-0.1, -0.05) is 48.0 Å². The van der Waals surface area contributed by atoms with Crippen LogP contribution in [0, 0.1) is 5.82 Å². The average Bonchev–Trinajstić information content (AvgIpc) is 2.51. The van der Waals surface area contributed by atoms with Gasteiger partial charge in [0.25, 0.3) is 0 Å². The monoisotopic (exact) mass is 335 g/mol. The van der Waals surface area contributed by atoms with E-state index in [1.807, 2.05) is 6.07 Å². The Bertz CT molecular complexity index is 686. The van der Waals surface area contributed by atoms with E-state index in [1.54, 1.807) is 24.3 Å². The number of hydrogen-bond donors (Lipinski definition) is 2. The molecule has 2 rings (SSSR count). The molecule has 0 aliphatic heterocycles. The van der Waals surface area contributed by atoms with Crippen molar-refractivity contribution < 1.29 is 19.1 Å². The number of aliphatic carboxylic acids is 1. The van der Waals surface area contributed by atoms with E-state index in [2.05, 4.69) is 5.32 Å². The van der Waals surface area contributed by atoms with Gasteiger partial charge in [0.05, 0.1) is 6.42 Å². The molecule has 0 heterocycles. The molecule has 0 unspecified atom stereocenters. The van der Waals surface area contributed by atoms with Crippen molar-refractivity contribution in [2.24, 2.45) is 0 Å². The van der Waals surface area contributed by atoms with Crippen molar-refractivity contribution in [3.63, 3.8) is 0 Å². The lowest BCUT2D eigenvalue weighted by Crippen LogP contribution is -2.43. The minimum Gasteiger partial charge on any atom is -0.480 e. The maximum Gasteiger partial charge on any atom is 0.326 e. The Balaban J connectivity index is 2.05. The Hall–Kier alpha value is -2.40. The molecule has 120 valence electrons. The van der Waals surface area contributed by atoms with Crippen molar-refractivity contribution in [2.45, 2.75) is 18.9 Å². The van der Waals surface area contributed by atoms with Crippen LogP contribution in [0.1, 0.15) is 11.1 Å². The second kappa shape index (κ2) is 7.74. The van der Waals surface area contributed by atoms with Crippen molar-refractivity contribution in [1.82, 2.24) is 5.32 Å². The largest absolute Gasteiger partial charge is 0.480 e. The normalized spacial score (nSPS) is 11.7. The van der Waals surface area contributed by atoms with Crippen LogP contribution in [0.15, 0.2) is 48.5 Å². The van der Waals surface area contributed by atoms with Crippen LogP contribution < -0.4 is 5.32 Å². The van der Waals surface area contributed by atoms with E-state index in [1.165, 1.54) is 18.2 Å². The van der Waals surface area contributed by atoms with Gasteiger partial charge in [-0.2, -0.15) is 0 Å². The van der Waals surface area contributed by atoms with Crippen LogP contribution in [-0.2, 0) is 22.4 Å². The minimum absolute atomic E-state index is 0.0514. The number of carboxylic acid groups (broad SMARTS) is 1. The highest BCUT2D eigenvalue weighted by Crippen LogP contribution is 2.19. The van der Waals surface area contributed by atoms with Gasteiger partial charge >= 0.3 is 5.97 Å². The van der Waals surface area contributed by atoms with Gasteiger partial charge in [-0.25, -0.2) is 9.18 Å². The summed E-state index contributed by atoms with van der Waals surface area (Å²) in [6.45, 7) is 0. The molecule has 0 saturated carbocycles. The van der Waals surface area contributed by atoms with Crippen LogP contribution in [0.25, 0.3) is 0 Å². The number of rotatable bonds is 6. The molecule has 2 aromatic rings. The van der Waals surface area contributed by atoms with Crippen LogP contribution in [0.2, 0.25) is 5.02 Å². The molecule has 0 bridgehead atoms. The van der Waals surface area contributed by atoms with Crippen LogP contribution in [0.4, 0.5) is 4.39 Å². The molecule has 0 aromatic heterocycles. The molecule has 0 fully saturated rings. The van der Waals surface area contributed by atoms with Crippen LogP contribution in [-0.4, -0.2) is 23.0 Å². The summed E-state index contributed by atoms with van der Waals surface area (Å²) in [5.74, 6) is -2.34. The number of nitrogens with one attached hydrogen (secondary N) is 1. The molecule has 6 heteroatoms. The molecule has 2 N–H and O–H groups in total. The second-order valence-electron chi connectivity index (χ2n) is 5.03. The molecule has 0 radical (unpaired) electrons. The molecule has 2 aromatic carbocycles. The molecule has 1 amide bonds. The zero-order chi connectivity index (χ0) is 16.8. The van der Waals surface area contributed by atoms with Gasteiger partial charge in [0, 0.05) is 17.0 Å². The van der Waals surface area contributed by atoms with E-state index in [0.29, 0.717) is 0 Å². The standard InChI is InChI=1S/C17H15ClFNO3/c18-13-7-4-8-14(19)12(13)10-16(21)20-15(17(22)23)9-11-5-2-1-3-6-11/h1-8,15H,9-10H2,(H,20,21)(H,22,23)/t15-/m1/s1. The van der Waals surface area contributed by atoms with Gasteiger partial charge in [0.2, 0.25) is 5.91 Å². The Morgan fingerprint density at radius 3 is 2.43 bits per heavy atom. The maximum atomic E-state index is 13.7. The topological polar surface area (TPSA) is 66.4 Å². The summed E-state index contributed by atoms with van der Waals surface area (Å²) in [5.41, 5.74) is 0.833. The summed E-state index contributed by atoms with van der Waals surface area (Å²) in [6.07, 6.45) is -0.170. The highest BCUT2D eigenvalue weighted by molar-refractivity contribution is 6.31. The maximum absolute atomic E-state index is 13.7. The third-order valence-electron chi connectivity index (χ3n) is 3.31. The summed E-state index contributed by atoms with van der Waals surface area (Å²) in [7, 11) is 0. The fraction of sp³-hybridized carbons (Fsp3) is 0.176. The fourth-order valence-corrected chi connectivity index (χ4v) is 2.39. The summed E-state index contributed by atoms with van der Waals surface area (Å²) < 4.78 is 13.7. The number of hydrogen-bond acceptors (Lipinski definition) is 2. The van der Waals surface area contributed by atoms with Gasteiger partial charge in [0.1, 0.15) is 11.9 Å². The summed E-state index contributed by atoms with van der Waals surface area (Å²) in [6, 6.07) is 12.0. The van der Waals surface area contributed by atoms with E-state index in [0.717, 1.165) is 5.56 Å². The fourth-order valence-electron chi connectivity index (χ4n) is 2.16. The lowest BCUT2D eigenvalue weighted by Gasteiger charge is -2.15. The molecule has 0 aliphatic rings. The molecular weight excluding hydrogens is 321 g/mol. The van der Waals surface area contributed by atoms with Gasteiger partial charge in [-0.3, -0.25) is 4.79 Å². The van der Waals surface area contributed by atoms with Crippen molar-refractivity contribution in [3.05, 3.63) is 70.5 Å². The predicted molar refractivity (Wildman–Crippen MR) is 84.8 cm³/mol. The van der Waals surface area contributed by atoms with Crippen molar-refractivity contribution in [1.29, 1.82) is 0 Å². The molecule has 0 aliphatic carbocycles. The molecular formula is C17H15ClFNO3. The van der Waals surface area contributed by atoms with Gasteiger partial charge in [-0.15, -0.1) is 0 Å². The number of carbonyl (C=O) groups is 2. The van der Waals surface area contributed by atoms with Crippen molar-refractivity contribution >= 4 is 23.5 Å². The van der Waals surface area contributed by atoms with E-state index >= 15 is 0 Å². The third-order valence-corrected chi connectivity index (χ3v) is 3.67. The number of amides is 1. The van der Waals surface area contributed by atoms with E-state index in [4.69, 9.17) is 11.6 Å². The second-order valence-corrected chi connectivity index (χ2v) is 5.43. The predicted octanol–water partition coefficient (Wildman–Crippen LogP) is 2.83. The third kappa shape index (κ3) is 4.79. The number of benzene rings is 2. The quantitative estimate of drug-likeness (QED) is 0.853. The van der Waals surface area contributed by atoms with Crippen LogP contribution in [0.3, 0.4) is 0 Å². The van der Waals surface area contributed by atoms with Gasteiger partial charge < -0.3 is 10.4 Å². The first-order chi connectivity index (χ1) is 11.0. The first-order valence-corrected chi connectivity index (χ1v) is 7.34. The number of halogens is 2. The van der Waals surface area contributed by atoms with Gasteiger partial charge in [0.15, 0.2) is 0 Å². The zero-order valence-corrected chi connectivity index (χ0v) is 12.9. The summed E-state index contributed by atoms with van der Waals surface area (Å²) in [5, 5.41) is 11.8. The zero-order valence-electron chi connectivity index (χ0n) is 12.1. The summed E-state index contributed by atoms with van der Waals surface area (Å²) in [4.78, 5) is 23.3. The van der Waals surface area contributed by atoms with Crippen LogP contribution >= 0.6 is 11.6 Å². The highest BCUT2D eigenvalue weighted by Gasteiger charge is 2.21. The molecule has 4 nitrogen and oxygen atoms in total. The first kappa shape index (κ1) is 17.0. The highest BCUT2D eigenvalue weighted by atomic mass is 35.5. The lowest BCUT2D eigenvalue weighted by molar-refractivity contribution is -0.141. The SMILES string of the molecule is O=C(Cc1c(F)cccc1Cl)N[C@H](Cc1ccccc1)C(=O)O. The van der Waals surface area contributed by atoms with Crippen molar-refractivity contribution in [3.8, 4) is 0 Å². The Morgan fingerprint density at radius 1 is 1.13 bits per heavy atom. The minimum atomic E-state index is -1.15. The number of carbonyl (C=O) groups excluding carboxylic acids is 1. The smallest absolute Gasteiger partial charge is 0.326 e. The number of carboxylic acids is 1. The molecule has 0 spiro atoms. The molecule has 23 heavy (non-hydrogen) atoms. The van der Waals surface area contributed by atoms with E-state index < -0.39 is 23.7 Å². The Labute approximate surface area is 137 Å². The molecule has 0 saturated heterocycles. The Kier molecular flexibility index (Phi) is 5.71. The molecule has 1 atom stereocenters. The van der Waals surface area contributed by atoms with Gasteiger partial charge in [-0.05, 0) is 17.7 Å². The van der Waals surface area contributed by atoms with Crippen LogP contribution in [0.5, 0.6) is 0 Å². The Morgan fingerprint density at radius 2 is 1.83 bits per heavy atom. The summed E-state index contributed by atoms with van der Waals surface area (Å²) >= 11 is 5.87. The average molecular weight is 336 g/mol. The lowest BCUT2D eigenvalue weighted by atomic mass is 10.1. The van der Waals surface area contributed by atoms with Crippen molar-refractivity contribution in [2.75, 3.05) is 0 Å². The van der Waals surface area contributed by atoms with E-state index in [-0.39, 0.29) is 23.4 Å². The van der Waals surface area contributed by atoms with E-state index in [9.17, 15) is 19.1 Å².